The normalized spacial score (nSPS) is 16.2. The largest absolute Gasteiger partial charge is 0.336 e. The van der Waals surface area contributed by atoms with E-state index in [0.717, 1.165) is 17.7 Å². The Kier molecular flexibility index (Phi) is 4.66. The highest BCUT2D eigenvalue weighted by atomic mass is 16.6. The molecule has 0 N–H and O–H groups in total. The van der Waals surface area contributed by atoms with Crippen LogP contribution in [0.1, 0.15) is 25.0 Å². The first kappa shape index (κ1) is 18.9. The molecule has 2 aromatic rings. The second kappa shape index (κ2) is 7.16. The van der Waals surface area contributed by atoms with Gasteiger partial charge in [-0.25, -0.2) is 0 Å². The van der Waals surface area contributed by atoms with Gasteiger partial charge in [-0.3, -0.25) is 24.6 Å². The molecule has 2 aliphatic heterocycles. The Morgan fingerprint density at radius 2 is 1.72 bits per heavy atom. The predicted octanol–water partition coefficient (Wildman–Crippen LogP) is 3.39. The van der Waals surface area contributed by atoms with E-state index < -0.39 is 4.92 Å². The van der Waals surface area contributed by atoms with Crippen molar-refractivity contribution in [2.75, 3.05) is 18.0 Å². The third kappa shape index (κ3) is 3.18. The fourth-order valence-corrected chi connectivity index (χ4v) is 3.93. The van der Waals surface area contributed by atoms with Gasteiger partial charge in [-0.1, -0.05) is 32.0 Å². The van der Waals surface area contributed by atoms with Crippen LogP contribution >= 0.6 is 0 Å². The Labute approximate surface area is 168 Å². The first-order valence-corrected chi connectivity index (χ1v) is 9.59. The number of para-hydroxylation sites is 1. The Morgan fingerprint density at radius 3 is 2.38 bits per heavy atom. The minimum Gasteiger partial charge on any atom is -0.336 e. The minimum absolute atomic E-state index is 0.0572. The van der Waals surface area contributed by atoms with Crippen LogP contribution < -0.4 is 4.90 Å². The van der Waals surface area contributed by atoms with E-state index in [2.05, 4.69) is 0 Å². The molecule has 4 rings (SSSR count). The summed E-state index contributed by atoms with van der Waals surface area (Å²) in [7, 11) is 0. The van der Waals surface area contributed by atoms with Crippen LogP contribution in [0.15, 0.2) is 54.2 Å². The first-order chi connectivity index (χ1) is 13.9. The van der Waals surface area contributed by atoms with Crippen LogP contribution in [0.5, 0.6) is 0 Å². The molecule has 0 fully saturated rings. The average Bonchev–Trinajstić information content (AvgIpc) is 3.22. The van der Waals surface area contributed by atoms with Gasteiger partial charge in [0.05, 0.1) is 10.5 Å². The molecule has 0 bridgehead atoms. The van der Waals surface area contributed by atoms with Crippen molar-refractivity contribution in [1.29, 1.82) is 0 Å². The molecule has 29 heavy (non-hydrogen) atoms. The van der Waals surface area contributed by atoms with Crippen LogP contribution in [0.2, 0.25) is 0 Å². The van der Waals surface area contributed by atoms with Gasteiger partial charge in [0.1, 0.15) is 5.70 Å². The summed E-state index contributed by atoms with van der Waals surface area (Å²) in [4.78, 5) is 40.2. The Hall–Kier alpha value is -3.48. The van der Waals surface area contributed by atoms with Crippen LogP contribution in [0.25, 0.3) is 5.57 Å². The second-order valence-corrected chi connectivity index (χ2v) is 7.67. The number of benzene rings is 2. The van der Waals surface area contributed by atoms with E-state index >= 15 is 0 Å². The molecule has 0 aromatic heterocycles. The maximum atomic E-state index is 13.3. The molecule has 148 valence electrons. The van der Waals surface area contributed by atoms with Crippen molar-refractivity contribution in [3.8, 4) is 0 Å². The van der Waals surface area contributed by atoms with E-state index in [-0.39, 0.29) is 23.4 Å². The van der Waals surface area contributed by atoms with E-state index in [1.807, 2.05) is 43.0 Å². The lowest BCUT2D eigenvalue weighted by molar-refractivity contribution is -0.384. The number of hydrogen-bond donors (Lipinski definition) is 0. The molecule has 2 amide bonds. The SMILES string of the molecule is CC(C)CN1C(=O)C(c2ccc([N+](=O)[O-])cc2)=C(N2CCc3ccccc32)C1=O. The van der Waals surface area contributed by atoms with Gasteiger partial charge in [-0.2, -0.15) is 0 Å². The topological polar surface area (TPSA) is 83.8 Å². The smallest absolute Gasteiger partial charge is 0.278 e. The molecular formula is C22H21N3O4. The van der Waals surface area contributed by atoms with Crippen LogP contribution in [0, 0.1) is 16.0 Å². The lowest BCUT2D eigenvalue weighted by atomic mass is 10.0. The molecular weight excluding hydrogens is 370 g/mol. The highest BCUT2D eigenvalue weighted by molar-refractivity contribution is 6.36. The number of hydrogen-bond acceptors (Lipinski definition) is 5. The number of carbonyl (C=O) groups is 2. The zero-order valence-electron chi connectivity index (χ0n) is 16.3. The average molecular weight is 391 g/mol. The zero-order valence-corrected chi connectivity index (χ0v) is 16.3. The van der Waals surface area contributed by atoms with Crippen LogP contribution in [0.4, 0.5) is 11.4 Å². The lowest BCUT2D eigenvalue weighted by Crippen LogP contribution is -2.37. The zero-order chi connectivity index (χ0) is 20.7. The van der Waals surface area contributed by atoms with Crippen LogP contribution in [-0.4, -0.2) is 34.7 Å². The summed E-state index contributed by atoms with van der Waals surface area (Å²) < 4.78 is 0. The fraction of sp³-hybridized carbons (Fsp3) is 0.273. The summed E-state index contributed by atoms with van der Waals surface area (Å²) in [6.07, 6.45) is 0.791. The van der Waals surface area contributed by atoms with Gasteiger partial charge in [-0.05, 0) is 41.7 Å². The van der Waals surface area contributed by atoms with E-state index in [4.69, 9.17) is 0 Å². The van der Waals surface area contributed by atoms with E-state index in [9.17, 15) is 19.7 Å². The molecule has 2 heterocycles. The van der Waals surface area contributed by atoms with Crippen molar-refractivity contribution in [3.63, 3.8) is 0 Å². The Bertz CT molecular complexity index is 1040. The van der Waals surface area contributed by atoms with Gasteiger partial charge in [0.25, 0.3) is 17.5 Å². The molecule has 0 atom stereocenters. The van der Waals surface area contributed by atoms with Crippen molar-refractivity contribution >= 4 is 28.8 Å². The first-order valence-electron chi connectivity index (χ1n) is 9.59. The molecule has 0 saturated heterocycles. The van der Waals surface area contributed by atoms with E-state index in [0.29, 0.717) is 29.9 Å². The highest BCUT2D eigenvalue weighted by Crippen LogP contribution is 2.38. The van der Waals surface area contributed by atoms with Crippen molar-refractivity contribution in [2.24, 2.45) is 5.92 Å². The van der Waals surface area contributed by atoms with Gasteiger partial charge in [0.2, 0.25) is 0 Å². The second-order valence-electron chi connectivity index (χ2n) is 7.67. The number of nitro groups is 1. The van der Waals surface area contributed by atoms with Crippen molar-refractivity contribution in [1.82, 2.24) is 4.90 Å². The number of imide groups is 1. The highest BCUT2D eigenvalue weighted by Gasteiger charge is 2.43. The number of nitro benzene ring substituents is 1. The molecule has 7 heteroatoms. The van der Waals surface area contributed by atoms with E-state index in [1.165, 1.54) is 17.0 Å². The Balaban J connectivity index is 1.85. The molecule has 0 aliphatic carbocycles. The van der Waals surface area contributed by atoms with Gasteiger partial charge >= 0.3 is 0 Å². The van der Waals surface area contributed by atoms with Crippen LogP contribution in [0.3, 0.4) is 0 Å². The monoisotopic (exact) mass is 391 g/mol. The molecule has 7 nitrogen and oxygen atoms in total. The maximum absolute atomic E-state index is 13.3. The summed E-state index contributed by atoms with van der Waals surface area (Å²) in [6.45, 7) is 4.84. The van der Waals surface area contributed by atoms with Gasteiger partial charge in [0.15, 0.2) is 0 Å². The summed E-state index contributed by atoms with van der Waals surface area (Å²) in [5.74, 6) is -0.531. The number of anilines is 1. The number of carbonyl (C=O) groups excluding carboxylic acids is 2. The third-order valence-electron chi connectivity index (χ3n) is 5.22. The quantitative estimate of drug-likeness (QED) is 0.443. The Morgan fingerprint density at radius 1 is 1.03 bits per heavy atom. The van der Waals surface area contributed by atoms with E-state index in [1.54, 1.807) is 12.1 Å². The summed E-state index contributed by atoms with van der Waals surface area (Å²) >= 11 is 0. The molecule has 0 saturated carbocycles. The van der Waals surface area contributed by atoms with Gasteiger partial charge < -0.3 is 4.90 Å². The lowest BCUT2D eigenvalue weighted by Gasteiger charge is -2.22. The summed E-state index contributed by atoms with van der Waals surface area (Å²) in [6, 6.07) is 13.7. The molecule has 2 aliphatic rings. The number of amides is 2. The number of nitrogens with zero attached hydrogens (tertiary/aromatic N) is 3. The van der Waals surface area contributed by atoms with Crippen LogP contribution in [-0.2, 0) is 16.0 Å². The van der Waals surface area contributed by atoms with Gasteiger partial charge in [0, 0.05) is 30.9 Å². The fourth-order valence-electron chi connectivity index (χ4n) is 3.93. The third-order valence-corrected chi connectivity index (χ3v) is 5.22. The molecule has 2 aromatic carbocycles. The predicted molar refractivity (Wildman–Crippen MR) is 109 cm³/mol. The van der Waals surface area contributed by atoms with Crippen molar-refractivity contribution in [3.05, 3.63) is 75.5 Å². The molecule has 0 spiro atoms. The molecule has 0 unspecified atom stereocenters. The maximum Gasteiger partial charge on any atom is 0.278 e. The number of rotatable bonds is 5. The van der Waals surface area contributed by atoms with Crippen molar-refractivity contribution in [2.45, 2.75) is 20.3 Å². The van der Waals surface area contributed by atoms with Crippen molar-refractivity contribution < 1.29 is 14.5 Å². The standard InChI is InChI=1S/C22H21N3O4/c1-14(2)13-24-21(26)19(16-7-9-17(10-8-16)25(28)29)20(22(24)27)23-12-11-15-5-3-4-6-18(15)23/h3-10,14H,11-13H2,1-2H3. The van der Waals surface area contributed by atoms with Gasteiger partial charge in [-0.15, -0.1) is 0 Å². The minimum atomic E-state index is -0.484. The summed E-state index contributed by atoms with van der Waals surface area (Å²) in [5.41, 5.74) is 3.18. The molecule has 0 radical (unpaired) electrons. The number of non-ortho nitro benzene ring substituents is 1. The summed E-state index contributed by atoms with van der Waals surface area (Å²) in [5, 5.41) is 11.0. The number of fused-ring (bicyclic) bond motifs is 1.